The zero-order chi connectivity index (χ0) is 11.8. The van der Waals surface area contributed by atoms with Crippen LogP contribution < -0.4 is 15.8 Å². The molecular formula is C11H17N3O2. The molecule has 0 saturated carbocycles. The lowest BCUT2D eigenvalue weighted by atomic mass is 10.3. The Bertz CT molecular complexity index is 336. The molecule has 0 aliphatic heterocycles. The lowest BCUT2D eigenvalue weighted by Crippen LogP contribution is -2.23. The Morgan fingerprint density at radius 3 is 2.69 bits per heavy atom. The molecule has 1 aromatic carbocycles. The highest BCUT2D eigenvalue weighted by Gasteiger charge is 1.96. The summed E-state index contributed by atoms with van der Waals surface area (Å²) >= 11 is 0. The van der Waals surface area contributed by atoms with E-state index in [0.717, 1.165) is 11.4 Å². The van der Waals surface area contributed by atoms with E-state index in [9.17, 15) is 0 Å². The number of aliphatic hydroxyl groups excluding tert-OH is 1. The minimum absolute atomic E-state index is 0.00828. The van der Waals surface area contributed by atoms with Gasteiger partial charge in [0.25, 0.3) is 0 Å². The molecule has 5 heteroatoms. The largest absolute Gasteiger partial charge is 0.494 e. The number of benzene rings is 1. The summed E-state index contributed by atoms with van der Waals surface area (Å²) in [5, 5.41) is 11.5. The number of rotatable bonds is 5. The van der Waals surface area contributed by atoms with Gasteiger partial charge in [-0.05, 0) is 31.2 Å². The number of nitrogens with zero attached hydrogens (tertiary/aromatic N) is 1. The molecular weight excluding hydrogens is 206 g/mol. The third-order valence-electron chi connectivity index (χ3n) is 1.82. The van der Waals surface area contributed by atoms with Gasteiger partial charge >= 0.3 is 0 Å². The van der Waals surface area contributed by atoms with Gasteiger partial charge in [0.2, 0.25) is 0 Å². The monoisotopic (exact) mass is 223 g/mol. The average molecular weight is 223 g/mol. The van der Waals surface area contributed by atoms with Gasteiger partial charge in [-0.2, -0.15) is 0 Å². The molecule has 1 aromatic rings. The molecule has 0 fully saturated rings. The fraction of sp³-hybridized carbons (Fsp3) is 0.364. The van der Waals surface area contributed by atoms with Crippen molar-refractivity contribution in [1.82, 2.24) is 0 Å². The van der Waals surface area contributed by atoms with Crippen LogP contribution in [0.4, 0.5) is 5.69 Å². The average Bonchev–Trinajstić information content (AvgIpc) is 2.29. The molecule has 0 aliphatic rings. The lowest BCUT2D eigenvalue weighted by Gasteiger charge is -2.07. The van der Waals surface area contributed by atoms with Crippen molar-refractivity contribution in [2.75, 3.05) is 25.1 Å². The molecule has 0 amide bonds. The zero-order valence-corrected chi connectivity index (χ0v) is 9.31. The lowest BCUT2D eigenvalue weighted by molar-refractivity contribution is 0.307. The number of aliphatic hydroxyl groups is 1. The fourth-order valence-corrected chi connectivity index (χ4v) is 1.16. The predicted molar refractivity (Wildman–Crippen MR) is 64.8 cm³/mol. The minimum atomic E-state index is -0.00828. The number of anilines is 1. The van der Waals surface area contributed by atoms with Gasteiger partial charge in [0.05, 0.1) is 19.8 Å². The van der Waals surface area contributed by atoms with E-state index in [2.05, 4.69) is 10.3 Å². The normalized spacial score (nSPS) is 11.2. The molecule has 0 aliphatic carbocycles. The molecule has 16 heavy (non-hydrogen) atoms. The molecule has 88 valence electrons. The maximum atomic E-state index is 8.57. The first-order valence-corrected chi connectivity index (χ1v) is 5.17. The summed E-state index contributed by atoms with van der Waals surface area (Å²) in [7, 11) is 0. The highest BCUT2D eigenvalue weighted by molar-refractivity contribution is 5.92. The minimum Gasteiger partial charge on any atom is -0.494 e. The van der Waals surface area contributed by atoms with E-state index < -0.39 is 0 Å². The SMILES string of the molecule is CCOc1ccc(NC(N)=NCCO)cc1. The highest BCUT2D eigenvalue weighted by Crippen LogP contribution is 2.15. The van der Waals surface area contributed by atoms with E-state index in [1.165, 1.54) is 0 Å². The molecule has 0 aromatic heterocycles. The second-order valence-corrected chi connectivity index (χ2v) is 3.07. The first kappa shape index (κ1) is 12.3. The second-order valence-electron chi connectivity index (χ2n) is 3.07. The van der Waals surface area contributed by atoms with E-state index in [1.54, 1.807) is 0 Å². The van der Waals surface area contributed by atoms with Crippen LogP contribution in [0.15, 0.2) is 29.3 Å². The molecule has 0 atom stereocenters. The molecule has 5 nitrogen and oxygen atoms in total. The van der Waals surface area contributed by atoms with Crippen LogP contribution in [-0.4, -0.2) is 30.8 Å². The van der Waals surface area contributed by atoms with E-state index in [-0.39, 0.29) is 6.61 Å². The number of hydrogen-bond acceptors (Lipinski definition) is 3. The predicted octanol–water partition coefficient (Wildman–Crippen LogP) is 0.804. The number of ether oxygens (including phenoxy) is 1. The quantitative estimate of drug-likeness (QED) is 0.509. The molecule has 0 heterocycles. The van der Waals surface area contributed by atoms with Crippen molar-refractivity contribution < 1.29 is 9.84 Å². The summed E-state index contributed by atoms with van der Waals surface area (Å²) in [4.78, 5) is 3.90. The summed E-state index contributed by atoms with van der Waals surface area (Å²) in [5.74, 6) is 1.11. The number of aliphatic imine (C=N–C) groups is 1. The van der Waals surface area contributed by atoms with Gasteiger partial charge in [-0.25, -0.2) is 0 Å². The summed E-state index contributed by atoms with van der Waals surface area (Å²) in [6, 6.07) is 7.41. The second kappa shape index (κ2) is 6.68. The van der Waals surface area contributed by atoms with Crippen molar-refractivity contribution in [3.63, 3.8) is 0 Å². The van der Waals surface area contributed by atoms with Crippen molar-refractivity contribution in [3.8, 4) is 5.75 Å². The van der Waals surface area contributed by atoms with E-state index >= 15 is 0 Å². The number of nitrogens with one attached hydrogen (secondary N) is 1. The van der Waals surface area contributed by atoms with E-state index in [1.807, 2.05) is 31.2 Å². The Morgan fingerprint density at radius 2 is 2.12 bits per heavy atom. The van der Waals surface area contributed by atoms with Crippen molar-refractivity contribution >= 4 is 11.6 Å². The van der Waals surface area contributed by atoms with Crippen LogP contribution in [0.1, 0.15) is 6.92 Å². The fourth-order valence-electron chi connectivity index (χ4n) is 1.16. The van der Waals surface area contributed by atoms with Crippen LogP contribution in [0.5, 0.6) is 5.75 Å². The van der Waals surface area contributed by atoms with Crippen LogP contribution in [-0.2, 0) is 0 Å². The van der Waals surface area contributed by atoms with Gasteiger partial charge in [-0.3, -0.25) is 4.99 Å². The van der Waals surface area contributed by atoms with Gasteiger partial charge in [-0.15, -0.1) is 0 Å². The Balaban J connectivity index is 2.54. The summed E-state index contributed by atoms with van der Waals surface area (Å²) < 4.78 is 5.31. The number of guanidine groups is 1. The highest BCUT2D eigenvalue weighted by atomic mass is 16.5. The van der Waals surface area contributed by atoms with Gasteiger partial charge in [-0.1, -0.05) is 0 Å². The van der Waals surface area contributed by atoms with Crippen LogP contribution in [0.3, 0.4) is 0 Å². The Morgan fingerprint density at radius 1 is 1.44 bits per heavy atom. The van der Waals surface area contributed by atoms with Gasteiger partial charge in [0, 0.05) is 5.69 Å². The summed E-state index contributed by atoms with van der Waals surface area (Å²) in [6.07, 6.45) is 0. The topological polar surface area (TPSA) is 79.9 Å². The van der Waals surface area contributed by atoms with E-state index in [4.69, 9.17) is 15.6 Å². The standard InChI is InChI=1S/C11H17N3O2/c1-2-16-10-5-3-9(4-6-10)14-11(12)13-7-8-15/h3-6,15H,2,7-8H2,1H3,(H3,12,13,14). The molecule has 0 unspecified atom stereocenters. The molecule has 4 N–H and O–H groups in total. The van der Waals surface area contributed by atoms with Crippen molar-refractivity contribution in [2.45, 2.75) is 6.92 Å². The van der Waals surface area contributed by atoms with Crippen molar-refractivity contribution in [1.29, 1.82) is 0 Å². The number of hydrogen-bond donors (Lipinski definition) is 3. The third-order valence-corrected chi connectivity index (χ3v) is 1.82. The van der Waals surface area contributed by atoms with E-state index in [0.29, 0.717) is 19.1 Å². The van der Waals surface area contributed by atoms with Crippen LogP contribution in [0, 0.1) is 0 Å². The maximum absolute atomic E-state index is 8.57. The smallest absolute Gasteiger partial charge is 0.193 e. The van der Waals surface area contributed by atoms with Crippen LogP contribution in [0.2, 0.25) is 0 Å². The molecule has 0 spiro atoms. The summed E-state index contributed by atoms with van der Waals surface area (Å²) in [5.41, 5.74) is 6.42. The van der Waals surface area contributed by atoms with Gasteiger partial charge in [0.15, 0.2) is 5.96 Å². The van der Waals surface area contributed by atoms with Gasteiger partial charge in [0.1, 0.15) is 5.75 Å². The van der Waals surface area contributed by atoms with Crippen molar-refractivity contribution in [3.05, 3.63) is 24.3 Å². The number of nitrogens with two attached hydrogens (primary N) is 1. The first-order chi connectivity index (χ1) is 7.76. The molecule has 0 radical (unpaired) electrons. The van der Waals surface area contributed by atoms with Gasteiger partial charge < -0.3 is 20.9 Å². The first-order valence-electron chi connectivity index (χ1n) is 5.17. The van der Waals surface area contributed by atoms with Crippen molar-refractivity contribution in [2.24, 2.45) is 10.7 Å². The Labute approximate surface area is 94.9 Å². The molecule has 0 bridgehead atoms. The summed E-state index contributed by atoms with van der Waals surface area (Å²) in [6.45, 7) is 2.88. The van der Waals surface area contributed by atoms with Crippen LogP contribution in [0.25, 0.3) is 0 Å². The van der Waals surface area contributed by atoms with Crippen LogP contribution >= 0.6 is 0 Å². The third kappa shape index (κ3) is 4.18. The Hall–Kier alpha value is -1.75. The molecule has 1 rings (SSSR count). The Kier molecular flexibility index (Phi) is 5.15. The zero-order valence-electron chi connectivity index (χ0n) is 9.31. The molecule has 0 saturated heterocycles. The maximum Gasteiger partial charge on any atom is 0.193 e.